The molecule has 2 aromatic rings. The molecule has 4 rings (SSSR count). The standard InChI is InChI=1S/C23H30FN3O/c24-21-7-4-12-25-22(21)8-9-23(10-17-28-18-11-23)27-15-13-26(14-16-27)19-20-5-2-1-3-6-20/h1-7,12H,8-11,13-19H2. The van der Waals surface area contributed by atoms with E-state index in [9.17, 15) is 4.39 Å². The Kier molecular flexibility index (Phi) is 6.35. The number of halogens is 1. The van der Waals surface area contributed by atoms with Crippen molar-refractivity contribution in [2.24, 2.45) is 0 Å². The van der Waals surface area contributed by atoms with Gasteiger partial charge < -0.3 is 4.74 Å². The minimum Gasteiger partial charge on any atom is -0.381 e. The first-order chi connectivity index (χ1) is 13.8. The van der Waals surface area contributed by atoms with Gasteiger partial charge in [-0.1, -0.05) is 30.3 Å². The van der Waals surface area contributed by atoms with Gasteiger partial charge in [-0.05, 0) is 43.4 Å². The Bertz CT molecular complexity index is 741. The largest absolute Gasteiger partial charge is 0.381 e. The Balaban J connectivity index is 1.38. The molecule has 0 spiro atoms. The van der Waals surface area contributed by atoms with Crippen LogP contribution in [0.2, 0.25) is 0 Å². The Labute approximate surface area is 167 Å². The average molecular weight is 384 g/mol. The molecule has 2 aliphatic rings. The maximum atomic E-state index is 14.1. The van der Waals surface area contributed by atoms with Gasteiger partial charge in [-0.2, -0.15) is 0 Å². The van der Waals surface area contributed by atoms with Crippen LogP contribution in [0.25, 0.3) is 0 Å². The van der Waals surface area contributed by atoms with E-state index < -0.39 is 0 Å². The Morgan fingerprint density at radius 1 is 0.964 bits per heavy atom. The first-order valence-electron chi connectivity index (χ1n) is 10.4. The maximum absolute atomic E-state index is 14.1. The van der Waals surface area contributed by atoms with Crippen LogP contribution in [0.1, 0.15) is 30.5 Å². The molecule has 0 N–H and O–H groups in total. The highest BCUT2D eigenvalue weighted by molar-refractivity contribution is 5.14. The fraction of sp³-hybridized carbons (Fsp3) is 0.522. The molecule has 2 aliphatic heterocycles. The van der Waals surface area contributed by atoms with Gasteiger partial charge in [0, 0.05) is 57.7 Å². The second kappa shape index (κ2) is 9.12. The van der Waals surface area contributed by atoms with Crippen molar-refractivity contribution in [3.63, 3.8) is 0 Å². The number of nitrogens with zero attached hydrogens (tertiary/aromatic N) is 3. The highest BCUT2D eigenvalue weighted by atomic mass is 19.1. The van der Waals surface area contributed by atoms with Crippen LogP contribution < -0.4 is 0 Å². The fourth-order valence-electron chi connectivity index (χ4n) is 4.65. The zero-order chi connectivity index (χ0) is 19.2. The Hall–Kier alpha value is -1.82. The SMILES string of the molecule is Fc1cccnc1CCC1(N2CCN(Cc3ccccc3)CC2)CCOCC1. The molecule has 0 bridgehead atoms. The minimum absolute atomic E-state index is 0.112. The summed E-state index contributed by atoms with van der Waals surface area (Å²) in [5.41, 5.74) is 2.08. The zero-order valence-electron chi connectivity index (χ0n) is 16.5. The van der Waals surface area contributed by atoms with Gasteiger partial charge in [0.15, 0.2) is 0 Å². The molecule has 2 saturated heterocycles. The smallest absolute Gasteiger partial charge is 0.144 e. The van der Waals surface area contributed by atoms with E-state index in [0.717, 1.165) is 65.2 Å². The first-order valence-corrected chi connectivity index (χ1v) is 10.4. The number of piperazine rings is 1. The summed E-state index contributed by atoms with van der Waals surface area (Å²) >= 11 is 0. The van der Waals surface area contributed by atoms with E-state index >= 15 is 0 Å². The van der Waals surface area contributed by atoms with Crippen LogP contribution in [0.15, 0.2) is 48.7 Å². The first kappa shape index (κ1) is 19.5. The van der Waals surface area contributed by atoms with Crippen LogP contribution >= 0.6 is 0 Å². The number of pyridine rings is 1. The summed E-state index contributed by atoms with van der Waals surface area (Å²) in [5.74, 6) is -0.183. The van der Waals surface area contributed by atoms with E-state index in [1.165, 1.54) is 11.6 Å². The monoisotopic (exact) mass is 383 g/mol. The van der Waals surface area contributed by atoms with Crippen molar-refractivity contribution in [3.05, 3.63) is 65.7 Å². The van der Waals surface area contributed by atoms with Crippen LogP contribution in [0.4, 0.5) is 4.39 Å². The second-order valence-corrected chi connectivity index (χ2v) is 8.02. The summed E-state index contributed by atoms with van der Waals surface area (Å²) in [7, 11) is 0. The van der Waals surface area contributed by atoms with Crippen molar-refractivity contribution in [2.45, 2.75) is 37.8 Å². The molecule has 1 aromatic carbocycles. The predicted octanol–water partition coefficient (Wildman–Crippen LogP) is 3.52. The molecule has 2 fully saturated rings. The van der Waals surface area contributed by atoms with Gasteiger partial charge in [0.2, 0.25) is 0 Å². The van der Waals surface area contributed by atoms with Crippen LogP contribution in [0.3, 0.4) is 0 Å². The molecule has 0 aliphatic carbocycles. The van der Waals surface area contributed by atoms with Crippen molar-refractivity contribution in [3.8, 4) is 0 Å². The number of benzene rings is 1. The van der Waals surface area contributed by atoms with Crippen molar-refractivity contribution in [2.75, 3.05) is 39.4 Å². The molecular weight excluding hydrogens is 353 g/mol. The molecule has 28 heavy (non-hydrogen) atoms. The number of aromatic nitrogens is 1. The van der Waals surface area contributed by atoms with Crippen LogP contribution in [0, 0.1) is 5.82 Å². The molecule has 5 heteroatoms. The predicted molar refractivity (Wildman–Crippen MR) is 109 cm³/mol. The van der Waals surface area contributed by atoms with E-state index in [1.54, 1.807) is 12.3 Å². The zero-order valence-corrected chi connectivity index (χ0v) is 16.5. The quantitative estimate of drug-likeness (QED) is 0.763. The second-order valence-electron chi connectivity index (χ2n) is 8.02. The van der Waals surface area contributed by atoms with Gasteiger partial charge in [0.1, 0.15) is 5.82 Å². The van der Waals surface area contributed by atoms with E-state index in [0.29, 0.717) is 12.1 Å². The average Bonchev–Trinajstić information content (AvgIpc) is 2.75. The van der Waals surface area contributed by atoms with E-state index in [4.69, 9.17) is 4.74 Å². The van der Waals surface area contributed by atoms with Crippen molar-refractivity contribution < 1.29 is 9.13 Å². The third kappa shape index (κ3) is 4.59. The number of ether oxygens (including phenoxy) is 1. The number of rotatable bonds is 6. The van der Waals surface area contributed by atoms with Crippen LogP contribution in [-0.2, 0) is 17.7 Å². The maximum Gasteiger partial charge on any atom is 0.144 e. The molecule has 0 saturated carbocycles. The van der Waals surface area contributed by atoms with Gasteiger partial charge in [-0.3, -0.25) is 14.8 Å². The number of aryl methyl sites for hydroxylation is 1. The van der Waals surface area contributed by atoms with Gasteiger partial charge in [0.05, 0.1) is 5.69 Å². The lowest BCUT2D eigenvalue weighted by Crippen LogP contribution is -2.59. The summed E-state index contributed by atoms with van der Waals surface area (Å²) in [6.07, 6.45) is 5.39. The van der Waals surface area contributed by atoms with Crippen molar-refractivity contribution in [1.82, 2.24) is 14.8 Å². The lowest BCUT2D eigenvalue weighted by Gasteiger charge is -2.50. The van der Waals surface area contributed by atoms with E-state index in [2.05, 4.69) is 45.1 Å². The molecular formula is C23H30FN3O. The van der Waals surface area contributed by atoms with E-state index in [1.807, 2.05) is 0 Å². The lowest BCUT2D eigenvalue weighted by atomic mass is 9.82. The highest BCUT2D eigenvalue weighted by Gasteiger charge is 2.39. The molecule has 150 valence electrons. The van der Waals surface area contributed by atoms with Crippen molar-refractivity contribution >= 4 is 0 Å². The molecule has 0 radical (unpaired) electrons. The van der Waals surface area contributed by atoms with Crippen molar-refractivity contribution in [1.29, 1.82) is 0 Å². The van der Waals surface area contributed by atoms with E-state index in [-0.39, 0.29) is 11.4 Å². The molecule has 4 nitrogen and oxygen atoms in total. The summed E-state index contributed by atoms with van der Waals surface area (Å²) in [6, 6.07) is 13.9. The lowest BCUT2D eigenvalue weighted by molar-refractivity contribution is -0.0522. The Morgan fingerprint density at radius 2 is 1.71 bits per heavy atom. The molecule has 1 aromatic heterocycles. The normalized spacial score (nSPS) is 20.9. The van der Waals surface area contributed by atoms with Gasteiger partial charge >= 0.3 is 0 Å². The third-order valence-electron chi connectivity index (χ3n) is 6.38. The number of hydrogen-bond donors (Lipinski definition) is 0. The highest BCUT2D eigenvalue weighted by Crippen LogP contribution is 2.34. The van der Waals surface area contributed by atoms with Gasteiger partial charge in [0.25, 0.3) is 0 Å². The minimum atomic E-state index is -0.183. The summed E-state index contributed by atoms with van der Waals surface area (Å²) in [5, 5.41) is 0. The molecule has 0 atom stereocenters. The number of hydrogen-bond acceptors (Lipinski definition) is 4. The van der Waals surface area contributed by atoms with Gasteiger partial charge in [-0.15, -0.1) is 0 Å². The topological polar surface area (TPSA) is 28.6 Å². The summed E-state index contributed by atoms with van der Waals surface area (Å²) < 4.78 is 19.7. The molecule has 0 amide bonds. The van der Waals surface area contributed by atoms with Gasteiger partial charge in [-0.25, -0.2) is 4.39 Å². The third-order valence-corrected chi connectivity index (χ3v) is 6.38. The van der Waals surface area contributed by atoms with Crippen LogP contribution in [-0.4, -0.2) is 59.7 Å². The Morgan fingerprint density at radius 3 is 2.43 bits per heavy atom. The fourth-order valence-corrected chi connectivity index (χ4v) is 4.65. The van der Waals surface area contributed by atoms with Crippen LogP contribution in [0.5, 0.6) is 0 Å². The summed E-state index contributed by atoms with van der Waals surface area (Å²) in [6.45, 7) is 6.91. The molecule has 0 unspecified atom stereocenters. The summed E-state index contributed by atoms with van der Waals surface area (Å²) in [4.78, 5) is 9.45. The molecule has 3 heterocycles.